The highest BCUT2D eigenvalue weighted by atomic mass is 15.1. The minimum Gasteiger partial charge on any atom is -0.300 e. The SMILES string of the molecule is CCC=CCN1CC[CH]CC1. The second-order valence-electron chi connectivity index (χ2n) is 3.05. The summed E-state index contributed by atoms with van der Waals surface area (Å²) in [6.45, 7) is 5.85. The highest BCUT2D eigenvalue weighted by molar-refractivity contribution is 4.86. The van der Waals surface area contributed by atoms with Crippen molar-refractivity contribution in [2.24, 2.45) is 0 Å². The molecule has 0 unspecified atom stereocenters. The average Bonchev–Trinajstić information content (AvgIpc) is 2.07. The Labute approximate surface area is 70.1 Å². The third kappa shape index (κ3) is 3.57. The summed E-state index contributed by atoms with van der Waals surface area (Å²) in [5.41, 5.74) is 0. The van der Waals surface area contributed by atoms with Crippen molar-refractivity contribution in [1.82, 2.24) is 4.90 Å². The molecular formula is C10H18N. The number of hydrogen-bond acceptors (Lipinski definition) is 1. The number of rotatable bonds is 3. The van der Waals surface area contributed by atoms with E-state index in [0.717, 1.165) is 6.54 Å². The van der Waals surface area contributed by atoms with Gasteiger partial charge in [-0.15, -0.1) is 0 Å². The monoisotopic (exact) mass is 152 g/mol. The molecule has 0 bridgehead atoms. The summed E-state index contributed by atoms with van der Waals surface area (Å²) in [6, 6.07) is 0. The molecule has 0 aromatic carbocycles. The van der Waals surface area contributed by atoms with Crippen LogP contribution in [0.15, 0.2) is 12.2 Å². The Kier molecular flexibility index (Phi) is 4.29. The van der Waals surface area contributed by atoms with Gasteiger partial charge in [-0.05, 0) is 38.8 Å². The van der Waals surface area contributed by atoms with Crippen LogP contribution < -0.4 is 0 Å². The first-order chi connectivity index (χ1) is 5.43. The quantitative estimate of drug-likeness (QED) is 0.561. The van der Waals surface area contributed by atoms with Crippen molar-refractivity contribution < 1.29 is 0 Å². The predicted molar refractivity (Wildman–Crippen MR) is 49.4 cm³/mol. The van der Waals surface area contributed by atoms with Crippen LogP contribution in [0.2, 0.25) is 0 Å². The van der Waals surface area contributed by atoms with Gasteiger partial charge in [-0.2, -0.15) is 0 Å². The van der Waals surface area contributed by atoms with E-state index in [1.54, 1.807) is 0 Å². The number of likely N-dealkylation sites (tertiary alicyclic amines) is 1. The maximum atomic E-state index is 2.51. The largest absolute Gasteiger partial charge is 0.300 e. The third-order valence-corrected chi connectivity index (χ3v) is 2.06. The van der Waals surface area contributed by atoms with Gasteiger partial charge in [0.25, 0.3) is 0 Å². The fourth-order valence-corrected chi connectivity index (χ4v) is 1.38. The summed E-state index contributed by atoms with van der Waals surface area (Å²) < 4.78 is 0. The fourth-order valence-electron chi connectivity index (χ4n) is 1.38. The zero-order chi connectivity index (χ0) is 7.94. The summed E-state index contributed by atoms with van der Waals surface area (Å²) in [7, 11) is 0. The summed E-state index contributed by atoms with van der Waals surface area (Å²) in [6.07, 6.45) is 10.6. The second kappa shape index (κ2) is 5.36. The maximum Gasteiger partial charge on any atom is 0.0163 e. The molecule has 1 fully saturated rings. The Bertz CT molecular complexity index is 112. The standard InChI is InChI=1S/C10H18N/c1-2-3-5-8-11-9-6-4-7-10-11/h3-5H,2,6-10H2,1H3. The Hall–Kier alpha value is -0.300. The molecule has 1 heterocycles. The van der Waals surface area contributed by atoms with Crippen LogP contribution in [-0.2, 0) is 0 Å². The number of nitrogens with zero attached hydrogens (tertiary/aromatic N) is 1. The van der Waals surface area contributed by atoms with Gasteiger partial charge < -0.3 is 0 Å². The molecule has 0 amide bonds. The molecule has 0 aromatic rings. The summed E-state index contributed by atoms with van der Waals surface area (Å²) in [5, 5.41) is 0. The molecule has 1 heteroatoms. The van der Waals surface area contributed by atoms with E-state index in [1.165, 1.54) is 32.4 Å². The molecule has 1 aliphatic heterocycles. The molecule has 0 spiro atoms. The van der Waals surface area contributed by atoms with Crippen LogP contribution in [0, 0.1) is 6.42 Å². The molecule has 1 rings (SSSR count). The zero-order valence-electron chi connectivity index (χ0n) is 7.42. The highest BCUT2D eigenvalue weighted by Crippen LogP contribution is 2.06. The zero-order valence-corrected chi connectivity index (χ0v) is 7.42. The fraction of sp³-hybridized carbons (Fsp3) is 0.700. The first-order valence-electron chi connectivity index (χ1n) is 4.62. The molecule has 63 valence electrons. The topological polar surface area (TPSA) is 3.24 Å². The van der Waals surface area contributed by atoms with Crippen molar-refractivity contribution in [3.05, 3.63) is 18.6 Å². The molecule has 1 aliphatic rings. The van der Waals surface area contributed by atoms with Crippen LogP contribution in [0.5, 0.6) is 0 Å². The van der Waals surface area contributed by atoms with E-state index in [1.807, 2.05) is 0 Å². The van der Waals surface area contributed by atoms with Crippen molar-refractivity contribution in [2.45, 2.75) is 26.2 Å². The maximum absolute atomic E-state index is 2.51. The molecule has 0 aliphatic carbocycles. The van der Waals surface area contributed by atoms with Gasteiger partial charge in [0.15, 0.2) is 0 Å². The van der Waals surface area contributed by atoms with Gasteiger partial charge in [-0.1, -0.05) is 19.1 Å². The van der Waals surface area contributed by atoms with Crippen molar-refractivity contribution >= 4 is 0 Å². The van der Waals surface area contributed by atoms with E-state index in [2.05, 4.69) is 30.4 Å². The smallest absolute Gasteiger partial charge is 0.0163 e. The summed E-state index contributed by atoms with van der Waals surface area (Å²) in [5.74, 6) is 0. The number of allylic oxidation sites excluding steroid dienone is 1. The highest BCUT2D eigenvalue weighted by Gasteiger charge is 2.06. The van der Waals surface area contributed by atoms with E-state index in [0.29, 0.717) is 0 Å². The van der Waals surface area contributed by atoms with E-state index in [-0.39, 0.29) is 0 Å². The van der Waals surface area contributed by atoms with Crippen LogP contribution in [-0.4, -0.2) is 24.5 Å². The number of hydrogen-bond donors (Lipinski definition) is 0. The lowest BCUT2D eigenvalue weighted by atomic mass is 10.1. The average molecular weight is 152 g/mol. The number of piperidine rings is 1. The normalized spacial score (nSPS) is 21.2. The van der Waals surface area contributed by atoms with E-state index in [4.69, 9.17) is 0 Å². The van der Waals surface area contributed by atoms with Gasteiger partial charge in [0, 0.05) is 6.54 Å². The lowest BCUT2D eigenvalue weighted by Crippen LogP contribution is -2.29. The van der Waals surface area contributed by atoms with Gasteiger partial charge >= 0.3 is 0 Å². The summed E-state index contributed by atoms with van der Waals surface area (Å²) >= 11 is 0. The Morgan fingerprint density at radius 1 is 1.27 bits per heavy atom. The molecule has 0 saturated carbocycles. The van der Waals surface area contributed by atoms with E-state index >= 15 is 0 Å². The third-order valence-electron chi connectivity index (χ3n) is 2.06. The lowest BCUT2D eigenvalue weighted by molar-refractivity contribution is 0.280. The molecular weight excluding hydrogens is 134 g/mol. The molecule has 0 N–H and O–H groups in total. The van der Waals surface area contributed by atoms with Crippen molar-refractivity contribution in [3.63, 3.8) is 0 Å². The van der Waals surface area contributed by atoms with Gasteiger partial charge in [0.1, 0.15) is 0 Å². The Morgan fingerprint density at radius 2 is 2.00 bits per heavy atom. The predicted octanol–water partition coefficient (Wildman–Crippen LogP) is 2.25. The van der Waals surface area contributed by atoms with Crippen molar-refractivity contribution in [3.8, 4) is 0 Å². The van der Waals surface area contributed by atoms with Gasteiger partial charge in [0.2, 0.25) is 0 Å². The van der Waals surface area contributed by atoms with E-state index < -0.39 is 0 Å². The van der Waals surface area contributed by atoms with Gasteiger partial charge in [-0.3, -0.25) is 4.90 Å². The Morgan fingerprint density at radius 3 is 2.64 bits per heavy atom. The minimum absolute atomic E-state index is 1.15. The second-order valence-corrected chi connectivity index (χ2v) is 3.05. The molecule has 1 nitrogen and oxygen atoms in total. The van der Waals surface area contributed by atoms with Crippen LogP contribution in [0.3, 0.4) is 0 Å². The lowest BCUT2D eigenvalue weighted by Gasteiger charge is -2.24. The molecule has 1 radical (unpaired) electrons. The Balaban J connectivity index is 2.09. The molecule has 11 heavy (non-hydrogen) atoms. The van der Waals surface area contributed by atoms with E-state index in [9.17, 15) is 0 Å². The first-order valence-corrected chi connectivity index (χ1v) is 4.62. The van der Waals surface area contributed by atoms with Gasteiger partial charge in [-0.25, -0.2) is 0 Å². The van der Waals surface area contributed by atoms with Crippen LogP contribution >= 0.6 is 0 Å². The summed E-state index contributed by atoms with van der Waals surface area (Å²) in [4.78, 5) is 2.51. The van der Waals surface area contributed by atoms with Crippen molar-refractivity contribution in [1.29, 1.82) is 0 Å². The van der Waals surface area contributed by atoms with Gasteiger partial charge in [0.05, 0.1) is 0 Å². The minimum atomic E-state index is 1.15. The van der Waals surface area contributed by atoms with Crippen LogP contribution in [0.4, 0.5) is 0 Å². The van der Waals surface area contributed by atoms with Crippen LogP contribution in [0.1, 0.15) is 26.2 Å². The van der Waals surface area contributed by atoms with Crippen LogP contribution in [0.25, 0.3) is 0 Å². The first kappa shape index (κ1) is 8.79. The molecule has 0 aromatic heterocycles. The van der Waals surface area contributed by atoms with Crippen molar-refractivity contribution in [2.75, 3.05) is 19.6 Å². The molecule has 1 saturated heterocycles. The molecule has 0 atom stereocenters.